The number of thioether (sulfide) groups is 1. The van der Waals surface area contributed by atoms with Crippen LogP contribution in [0.3, 0.4) is 0 Å². The predicted octanol–water partition coefficient (Wildman–Crippen LogP) is 5.43. The number of amides is 1. The van der Waals surface area contributed by atoms with Crippen LogP contribution in [0.15, 0.2) is 59.6 Å². The van der Waals surface area contributed by atoms with E-state index in [1.165, 1.54) is 28.7 Å². The molecule has 0 saturated carbocycles. The van der Waals surface area contributed by atoms with Gasteiger partial charge in [-0.1, -0.05) is 47.5 Å². The van der Waals surface area contributed by atoms with Crippen molar-refractivity contribution in [3.8, 4) is 0 Å². The van der Waals surface area contributed by atoms with Crippen molar-refractivity contribution in [1.82, 2.24) is 4.98 Å². The van der Waals surface area contributed by atoms with Gasteiger partial charge >= 0.3 is 0 Å². The van der Waals surface area contributed by atoms with Gasteiger partial charge in [0.05, 0.1) is 5.75 Å². The van der Waals surface area contributed by atoms with Gasteiger partial charge in [0.1, 0.15) is 0 Å². The Balaban J connectivity index is 1.53. The lowest BCUT2D eigenvalue weighted by atomic mass is 10.1. The number of halogens is 1. The van der Waals surface area contributed by atoms with Crippen molar-refractivity contribution in [3.05, 3.63) is 75.8 Å². The van der Waals surface area contributed by atoms with E-state index in [9.17, 15) is 4.79 Å². The Morgan fingerprint density at radius 2 is 1.96 bits per heavy atom. The predicted molar refractivity (Wildman–Crippen MR) is 107 cm³/mol. The minimum Gasteiger partial charge on any atom is -0.301 e. The quantitative estimate of drug-likeness (QED) is 0.573. The molecule has 0 spiro atoms. The Kier molecular flexibility index (Phi) is 6.13. The number of aromatic nitrogens is 1. The number of rotatable bonds is 6. The van der Waals surface area contributed by atoms with Gasteiger partial charge in [0.25, 0.3) is 0 Å². The van der Waals surface area contributed by atoms with Crippen LogP contribution in [0.4, 0.5) is 5.13 Å². The van der Waals surface area contributed by atoms with Crippen molar-refractivity contribution in [2.45, 2.75) is 18.2 Å². The highest BCUT2D eigenvalue weighted by Gasteiger charge is 2.09. The molecule has 0 bridgehead atoms. The SMILES string of the molecule is Cc1ccc(SCC(=O)Nc2ncc(Cc3ccccc3Cl)s2)cc1. The molecule has 3 aromatic rings. The first-order valence-electron chi connectivity index (χ1n) is 7.77. The van der Waals surface area contributed by atoms with Crippen molar-refractivity contribution in [3.63, 3.8) is 0 Å². The van der Waals surface area contributed by atoms with Crippen LogP contribution in [0.5, 0.6) is 0 Å². The highest BCUT2D eigenvalue weighted by atomic mass is 35.5. The second kappa shape index (κ2) is 8.52. The third-order valence-corrected chi connectivity index (χ3v) is 5.81. The van der Waals surface area contributed by atoms with Gasteiger partial charge in [0.2, 0.25) is 5.91 Å². The average molecular weight is 389 g/mol. The van der Waals surface area contributed by atoms with E-state index in [2.05, 4.69) is 10.3 Å². The lowest BCUT2D eigenvalue weighted by Gasteiger charge is -2.03. The molecule has 0 unspecified atom stereocenters. The normalized spacial score (nSPS) is 10.6. The molecule has 0 saturated heterocycles. The molecule has 128 valence electrons. The molecular weight excluding hydrogens is 372 g/mol. The maximum absolute atomic E-state index is 12.1. The number of thiazole rings is 1. The van der Waals surface area contributed by atoms with Crippen LogP contribution in [-0.4, -0.2) is 16.6 Å². The van der Waals surface area contributed by atoms with Crippen LogP contribution in [0.25, 0.3) is 0 Å². The van der Waals surface area contributed by atoms with Gasteiger partial charge in [-0.3, -0.25) is 4.79 Å². The van der Waals surface area contributed by atoms with Crippen LogP contribution < -0.4 is 5.32 Å². The van der Waals surface area contributed by atoms with Crippen molar-refractivity contribution in [1.29, 1.82) is 0 Å². The summed E-state index contributed by atoms with van der Waals surface area (Å²) in [5.74, 6) is 0.312. The molecule has 0 aliphatic carbocycles. The van der Waals surface area contributed by atoms with Crippen molar-refractivity contribution in [2.75, 3.05) is 11.1 Å². The number of nitrogens with one attached hydrogen (secondary N) is 1. The van der Waals surface area contributed by atoms with Gasteiger partial charge in [-0.05, 0) is 30.7 Å². The monoisotopic (exact) mass is 388 g/mol. The molecule has 0 aliphatic heterocycles. The zero-order valence-electron chi connectivity index (χ0n) is 13.7. The fraction of sp³-hybridized carbons (Fsp3) is 0.158. The minimum atomic E-state index is -0.0516. The lowest BCUT2D eigenvalue weighted by Crippen LogP contribution is -2.13. The number of anilines is 1. The Morgan fingerprint density at radius 3 is 2.72 bits per heavy atom. The average Bonchev–Trinajstić information content (AvgIpc) is 3.03. The smallest absolute Gasteiger partial charge is 0.236 e. The molecule has 0 radical (unpaired) electrons. The Labute approximate surface area is 160 Å². The standard InChI is InChI=1S/C19H17ClN2OS2/c1-13-6-8-15(9-7-13)24-12-18(23)22-19-21-11-16(25-19)10-14-4-2-3-5-17(14)20/h2-9,11H,10,12H2,1H3,(H,21,22,23). The summed E-state index contributed by atoms with van der Waals surface area (Å²) in [7, 11) is 0. The van der Waals surface area contributed by atoms with Crippen LogP contribution >= 0.6 is 34.7 Å². The van der Waals surface area contributed by atoms with E-state index in [4.69, 9.17) is 11.6 Å². The van der Waals surface area contributed by atoms with Gasteiger partial charge in [-0.15, -0.1) is 23.1 Å². The summed E-state index contributed by atoms with van der Waals surface area (Å²) in [6, 6.07) is 15.9. The van der Waals surface area contributed by atoms with Crippen LogP contribution in [0.1, 0.15) is 16.0 Å². The maximum atomic E-state index is 12.1. The third kappa shape index (κ3) is 5.33. The Bertz CT molecular complexity index is 862. The third-order valence-electron chi connectivity index (χ3n) is 3.51. The molecule has 0 fully saturated rings. The first kappa shape index (κ1) is 18.0. The van der Waals surface area contributed by atoms with E-state index in [0.717, 1.165) is 20.4 Å². The van der Waals surface area contributed by atoms with Crippen LogP contribution in [0, 0.1) is 6.92 Å². The van der Waals surface area contributed by atoms with Crippen molar-refractivity contribution in [2.24, 2.45) is 0 Å². The molecule has 2 aromatic carbocycles. The first-order valence-corrected chi connectivity index (χ1v) is 9.95. The second-order valence-electron chi connectivity index (χ2n) is 5.55. The summed E-state index contributed by atoms with van der Waals surface area (Å²) in [5.41, 5.74) is 2.27. The summed E-state index contributed by atoms with van der Waals surface area (Å²) in [6.45, 7) is 2.05. The topological polar surface area (TPSA) is 42.0 Å². The van der Waals surface area contributed by atoms with Gasteiger partial charge in [-0.25, -0.2) is 4.98 Å². The zero-order valence-corrected chi connectivity index (χ0v) is 16.0. The van der Waals surface area contributed by atoms with Gasteiger partial charge in [0.15, 0.2) is 5.13 Å². The van der Waals surface area contributed by atoms with E-state index >= 15 is 0 Å². The van der Waals surface area contributed by atoms with E-state index in [1.54, 1.807) is 6.20 Å². The zero-order chi connectivity index (χ0) is 17.6. The van der Waals surface area contributed by atoms with E-state index < -0.39 is 0 Å². The summed E-state index contributed by atoms with van der Waals surface area (Å²) in [5, 5.41) is 4.23. The van der Waals surface area contributed by atoms with E-state index in [1.807, 2.05) is 55.5 Å². The van der Waals surface area contributed by atoms with Crippen molar-refractivity contribution >= 4 is 45.7 Å². The molecule has 25 heavy (non-hydrogen) atoms. The molecule has 1 N–H and O–H groups in total. The first-order chi connectivity index (χ1) is 12.1. The number of carbonyl (C=O) groups is 1. The number of carbonyl (C=O) groups excluding carboxylic acids is 1. The molecule has 1 aromatic heterocycles. The van der Waals surface area contributed by atoms with Gasteiger partial charge in [-0.2, -0.15) is 0 Å². The minimum absolute atomic E-state index is 0.0516. The highest BCUT2D eigenvalue weighted by Crippen LogP contribution is 2.25. The summed E-state index contributed by atoms with van der Waals surface area (Å²) in [6.07, 6.45) is 2.50. The fourth-order valence-corrected chi connectivity index (χ4v) is 3.97. The molecular formula is C19H17ClN2OS2. The highest BCUT2D eigenvalue weighted by molar-refractivity contribution is 8.00. The molecule has 6 heteroatoms. The van der Waals surface area contributed by atoms with Crippen LogP contribution in [0.2, 0.25) is 5.02 Å². The number of hydrogen-bond acceptors (Lipinski definition) is 4. The summed E-state index contributed by atoms with van der Waals surface area (Å²) >= 11 is 9.18. The number of aryl methyl sites for hydroxylation is 1. The van der Waals surface area contributed by atoms with E-state index in [0.29, 0.717) is 17.3 Å². The van der Waals surface area contributed by atoms with Gasteiger partial charge in [0, 0.05) is 27.4 Å². The number of hydrogen-bond donors (Lipinski definition) is 1. The molecule has 3 nitrogen and oxygen atoms in total. The summed E-state index contributed by atoms with van der Waals surface area (Å²) in [4.78, 5) is 18.5. The molecule has 1 amide bonds. The van der Waals surface area contributed by atoms with E-state index in [-0.39, 0.29) is 5.91 Å². The molecule has 0 atom stereocenters. The number of nitrogens with zero attached hydrogens (tertiary/aromatic N) is 1. The largest absolute Gasteiger partial charge is 0.301 e. The van der Waals surface area contributed by atoms with Gasteiger partial charge < -0.3 is 5.32 Å². The van der Waals surface area contributed by atoms with Crippen LogP contribution in [-0.2, 0) is 11.2 Å². The Morgan fingerprint density at radius 1 is 1.20 bits per heavy atom. The number of benzene rings is 2. The second-order valence-corrected chi connectivity index (χ2v) is 8.12. The maximum Gasteiger partial charge on any atom is 0.236 e. The lowest BCUT2D eigenvalue weighted by molar-refractivity contribution is -0.113. The van der Waals surface area contributed by atoms with Crippen molar-refractivity contribution < 1.29 is 4.79 Å². The molecule has 3 rings (SSSR count). The fourth-order valence-electron chi connectivity index (χ4n) is 2.22. The molecule has 1 heterocycles. The molecule has 0 aliphatic rings. The summed E-state index contributed by atoms with van der Waals surface area (Å²) < 4.78 is 0. The Hall–Kier alpha value is -1.82.